The van der Waals surface area contributed by atoms with Crippen molar-refractivity contribution >= 4 is 0 Å². The van der Waals surface area contributed by atoms with Gasteiger partial charge < -0.3 is 14.9 Å². The number of aliphatic hydroxyl groups is 2. The van der Waals surface area contributed by atoms with Gasteiger partial charge in [0.25, 0.3) is 0 Å². The van der Waals surface area contributed by atoms with Gasteiger partial charge in [-0.15, -0.1) is 0 Å². The summed E-state index contributed by atoms with van der Waals surface area (Å²) in [6.07, 6.45) is 2.35. The van der Waals surface area contributed by atoms with E-state index >= 15 is 0 Å². The van der Waals surface area contributed by atoms with E-state index in [4.69, 9.17) is 9.84 Å². The standard InChI is InChI=1S/C13H20O3/c1-11(15)12-5-7-13(8-6-12)16-10-4-2-3-9-14/h5-8,11,14-15H,2-4,9-10H2,1H3/t11-/m1/s1. The lowest BCUT2D eigenvalue weighted by Gasteiger charge is -2.08. The van der Waals surface area contributed by atoms with Gasteiger partial charge in [-0.2, -0.15) is 0 Å². The Labute approximate surface area is 96.7 Å². The van der Waals surface area contributed by atoms with E-state index in [0.717, 1.165) is 30.6 Å². The Hall–Kier alpha value is -1.06. The minimum absolute atomic E-state index is 0.253. The normalized spacial score (nSPS) is 12.4. The van der Waals surface area contributed by atoms with Crippen LogP contribution in [0.15, 0.2) is 24.3 Å². The first-order valence-corrected chi connectivity index (χ1v) is 5.75. The van der Waals surface area contributed by atoms with E-state index in [1.165, 1.54) is 0 Å². The number of hydrogen-bond donors (Lipinski definition) is 2. The summed E-state index contributed by atoms with van der Waals surface area (Å²) < 4.78 is 5.52. The van der Waals surface area contributed by atoms with E-state index in [2.05, 4.69) is 0 Å². The fourth-order valence-electron chi connectivity index (χ4n) is 1.42. The minimum Gasteiger partial charge on any atom is -0.494 e. The fraction of sp³-hybridized carbons (Fsp3) is 0.538. The summed E-state index contributed by atoms with van der Waals surface area (Å²) in [7, 11) is 0. The monoisotopic (exact) mass is 224 g/mol. The maximum absolute atomic E-state index is 9.32. The third-order valence-corrected chi connectivity index (χ3v) is 2.43. The van der Waals surface area contributed by atoms with Crippen molar-refractivity contribution < 1.29 is 14.9 Å². The van der Waals surface area contributed by atoms with Gasteiger partial charge in [0.2, 0.25) is 0 Å². The Morgan fingerprint density at radius 1 is 1.12 bits per heavy atom. The predicted molar refractivity (Wildman–Crippen MR) is 63.5 cm³/mol. The summed E-state index contributed by atoms with van der Waals surface area (Å²) in [5.74, 6) is 0.827. The van der Waals surface area contributed by atoms with Crippen LogP contribution in [-0.2, 0) is 0 Å². The van der Waals surface area contributed by atoms with Crippen molar-refractivity contribution in [3.8, 4) is 5.75 Å². The molecule has 0 heterocycles. The van der Waals surface area contributed by atoms with Gasteiger partial charge in [0, 0.05) is 6.61 Å². The molecule has 16 heavy (non-hydrogen) atoms. The number of hydrogen-bond acceptors (Lipinski definition) is 3. The molecular formula is C13H20O3. The zero-order valence-corrected chi connectivity index (χ0v) is 9.72. The first-order valence-electron chi connectivity index (χ1n) is 5.75. The maximum atomic E-state index is 9.32. The van der Waals surface area contributed by atoms with Crippen LogP contribution in [-0.4, -0.2) is 23.4 Å². The highest BCUT2D eigenvalue weighted by Gasteiger charge is 2.00. The molecule has 0 aliphatic carbocycles. The molecule has 2 N–H and O–H groups in total. The molecule has 1 aromatic rings. The van der Waals surface area contributed by atoms with Gasteiger partial charge in [0.05, 0.1) is 12.7 Å². The number of unbranched alkanes of at least 4 members (excludes halogenated alkanes) is 2. The molecule has 0 bridgehead atoms. The maximum Gasteiger partial charge on any atom is 0.119 e. The molecule has 0 aromatic heterocycles. The summed E-state index contributed by atoms with van der Waals surface area (Å²) in [6, 6.07) is 7.48. The van der Waals surface area contributed by atoms with Crippen molar-refractivity contribution in [2.75, 3.05) is 13.2 Å². The first kappa shape index (κ1) is 13.0. The molecule has 0 spiro atoms. The van der Waals surface area contributed by atoms with Gasteiger partial charge in [0.15, 0.2) is 0 Å². The third-order valence-electron chi connectivity index (χ3n) is 2.43. The topological polar surface area (TPSA) is 49.7 Å². The summed E-state index contributed by atoms with van der Waals surface area (Å²) in [5.41, 5.74) is 0.896. The quantitative estimate of drug-likeness (QED) is 0.699. The third kappa shape index (κ3) is 4.64. The second kappa shape index (κ2) is 7.25. The van der Waals surface area contributed by atoms with Crippen molar-refractivity contribution in [1.29, 1.82) is 0 Å². The molecule has 1 rings (SSSR count). The van der Waals surface area contributed by atoms with Crippen molar-refractivity contribution in [3.05, 3.63) is 29.8 Å². The molecule has 0 saturated carbocycles. The SMILES string of the molecule is C[C@@H](O)c1ccc(OCCCCCO)cc1. The van der Waals surface area contributed by atoms with Gasteiger partial charge in [-0.25, -0.2) is 0 Å². The largest absolute Gasteiger partial charge is 0.494 e. The Bertz CT molecular complexity index is 280. The van der Waals surface area contributed by atoms with E-state index in [-0.39, 0.29) is 6.61 Å². The number of benzene rings is 1. The Kier molecular flexibility index (Phi) is 5.90. The van der Waals surface area contributed by atoms with Crippen LogP contribution in [0.5, 0.6) is 5.75 Å². The molecule has 0 aliphatic rings. The zero-order chi connectivity index (χ0) is 11.8. The van der Waals surface area contributed by atoms with Crippen molar-refractivity contribution in [1.82, 2.24) is 0 Å². The molecule has 0 saturated heterocycles. The van der Waals surface area contributed by atoms with Crippen LogP contribution >= 0.6 is 0 Å². The molecule has 0 unspecified atom stereocenters. The van der Waals surface area contributed by atoms with Gasteiger partial charge in [-0.05, 0) is 43.9 Å². The predicted octanol–water partition coefficient (Wildman–Crippen LogP) is 2.28. The summed E-state index contributed by atoms with van der Waals surface area (Å²) in [5, 5.41) is 17.9. The van der Waals surface area contributed by atoms with Crippen LogP contribution in [0.1, 0.15) is 37.9 Å². The first-order chi connectivity index (χ1) is 7.74. The molecule has 1 atom stereocenters. The molecule has 0 aliphatic heterocycles. The van der Waals surface area contributed by atoms with Crippen LogP contribution in [0.4, 0.5) is 0 Å². The summed E-state index contributed by atoms with van der Waals surface area (Å²) in [6.45, 7) is 2.67. The molecule has 3 heteroatoms. The highest BCUT2D eigenvalue weighted by atomic mass is 16.5. The van der Waals surface area contributed by atoms with Crippen LogP contribution in [0.2, 0.25) is 0 Å². The minimum atomic E-state index is -0.432. The summed E-state index contributed by atoms with van der Waals surface area (Å²) in [4.78, 5) is 0. The van der Waals surface area contributed by atoms with Crippen LogP contribution in [0.25, 0.3) is 0 Å². The number of rotatable bonds is 7. The second-order valence-electron chi connectivity index (χ2n) is 3.88. The Morgan fingerprint density at radius 3 is 2.38 bits per heavy atom. The highest BCUT2D eigenvalue weighted by molar-refractivity contribution is 5.28. The average Bonchev–Trinajstić information content (AvgIpc) is 2.29. The van der Waals surface area contributed by atoms with Crippen LogP contribution in [0, 0.1) is 0 Å². The smallest absolute Gasteiger partial charge is 0.119 e. The molecule has 1 aromatic carbocycles. The Morgan fingerprint density at radius 2 is 1.81 bits per heavy atom. The van der Waals surface area contributed by atoms with Gasteiger partial charge in [-0.3, -0.25) is 0 Å². The van der Waals surface area contributed by atoms with E-state index < -0.39 is 6.10 Å². The Balaban J connectivity index is 2.27. The van der Waals surface area contributed by atoms with Gasteiger partial charge in [0.1, 0.15) is 5.75 Å². The zero-order valence-electron chi connectivity index (χ0n) is 9.72. The van der Waals surface area contributed by atoms with E-state index in [0.29, 0.717) is 6.61 Å². The molecule has 0 fully saturated rings. The highest BCUT2D eigenvalue weighted by Crippen LogP contribution is 2.17. The van der Waals surface area contributed by atoms with E-state index in [9.17, 15) is 5.11 Å². The summed E-state index contributed by atoms with van der Waals surface area (Å²) >= 11 is 0. The molecule has 0 radical (unpaired) electrons. The van der Waals surface area contributed by atoms with Crippen LogP contribution < -0.4 is 4.74 Å². The van der Waals surface area contributed by atoms with E-state index in [1.54, 1.807) is 6.92 Å². The van der Waals surface area contributed by atoms with Crippen LogP contribution in [0.3, 0.4) is 0 Å². The molecule has 0 amide bonds. The van der Waals surface area contributed by atoms with E-state index in [1.807, 2.05) is 24.3 Å². The molecule has 90 valence electrons. The van der Waals surface area contributed by atoms with Gasteiger partial charge in [-0.1, -0.05) is 12.1 Å². The molecule has 3 nitrogen and oxygen atoms in total. The fourth-order valence-corrected chi connectivity index (χ4v) is 1.42. The number of ether oxygens (including phenoxy) is 1. The van der Waals surface area contributed by atoms with Gasteiger partial charge >= 0.3 is 0 Å². The second-order valence-corrected chi connectivity index (χ2v) is 3.88. The lowest BCUT2D eigenvalue weighted by Crippen LogP contribution is -1.98. The lowest BCUT2D eigenvalue weighted by atomic mass is 10.1. The number of aliphatic hydroxyl groups excluding tert-OH is 2. The average molecular weight is 224 g/mol. The van der Waals surface area contributed by atoms with Crippen molar-refractivity contribution in [3.63, 3.8) is 0 Å². The lowest BCUT2D eigenvalue weighted by molar-refractivity contribution is 0.199. The van der Waals surface area contributed by atoms with Crippen molar-refractivity contribution in [2.45, 2.75) is 32.3 Å². The van der Waals surface area contributed by atoms with Crippen molar-refractivity contribution in [2.24, 2.45) is 0 Å². The molecular weight excluding hydrogens is 204 g/mol.